The number of rotatable bonds is 5. The fraction of sp³-hybridized carbons (Fsp3) is 0.647. The van der Waals surface area contributed by atoms with Crippen molar-refractivity contribution in [2.24, 2.45) is 5.92 Å². The molecule has 0 aromatic heterocycles. The SMILES string of the molecule is CN(CC1CCC1)c1ccc(CNC(C)(C)C)cc1Br. The van der Waals surface area contributed by atoms with Gasteiger partial charge in [-0.25, -0.2) is 0 Å². The van der Waals surface area contributed by atoms with Gasteiger partial charge >= 0.3 is 0 Å². The van der Waals surface area contributed by atoms with Gasteiger partial charge in [0.15, 0.2) is 0 Å². The number of hydrogen-bond donors (Lipinski definition) is 1. The normalized spacial score (nSPS) is 16.1. The second kappa shape index (κ2) is 6.48. The highest BCUT2D eigenvalue weighted by atomic mass is 79.9. The van der Waals surface area contributed by atoms with E-state index in [1.807, 2.05) is 0 Å². The Kier molecular flexibility index (Phi) is 5.14. The Morgan fingerprint density at radius 1 is 1.30 bits per heavy atom. The fourth-order valence-electron chi connectivity index (χ4n) is 2.50. The van der Waals surface area contributed by atoms with Gasteiger partial charge in [0.2, 0.25) is 0 Å². The summed E-state index contributed by atoms with van der Waals surface area (Å²) in [7, 11) is 2.20. The van der Waals surface area contributed by atoms with Gasteiger partial charge in [0.1, 0.15) is 0 Å². The molecule has 0 atom stereocenters. The van der Waals surface area contributed by atoms with Gasteiger partial charge < -0.3 is 10.2 Å². The maximum absolute atomic E-state index is 3.73. The fourth-order valence-corrected chi connectivity index (χ4v) is 3.23. The minimum atomic E-state index is 0.159. The molecular formula is C17H27BrN2. The molecule has 0 unspecified atom stereocenters. The molecule has 1 fully saturated rings. The van der Waals surface area contributed by atoms with Gasteiger partial charge in [0.25, 0.3) is 0 Å². The lowest BCUT2D eigenvalue weighted by atomic mass is 9.85. The summed E-state index contributed by atoms with van der Waals surface area (Å²) in [5.41, 5.74) is 2.79. The van der Waals surface area contributed by atoms with E-state index in [1.54, 1.807) is 0 Å². The zero-order chi connectivity index (χ0) is 14.8. The maximum Gasteiger partial charge on any atom is 0.0508 e. The van der Waals surface area contributed by atoms with Crippen molar-refractivity contribution in [3.8, 4) is 0 Å². The molecule has 0 bridgehead atoms. The molecule has 0 saturated heterocycles. The minimum Gasteiger partial charge on any atom is -0.373 e. The van der Waals surface area contributed by atoms with Gasteiger partial charge in [-0.1, -0.05) is 12.5 Å². The Morgan fingerprint density at radius 3 is 2.50 bits per heavy atom. The monoisotopic (exact) mass is 338 g/mol. The molecule has 1 N–H and O–H groups in total. The smallest absolute Gasteiger partial charge is 0.0508 e. The quantitative estimate of drug-likeness (QED) is 0.845. The van der Waals surface area contributed by atoms with Crippen LogP contribution in [-0.4, -0.2) is 19.1 Å². The number of benzene rings is 1. The van der Waals surface area contributed by atoms with Crippen molar-refractivity contribution in [2.45, 2.75) is 52.1 Å². The van der Waals surface area contributed by atoms with Crippen molar-refractivity contribution < 1.29 is 0 Å². The van der Waals surface area contributed by atoms with Crippen molar-refractivity contribution in [1.82, 2.24) is 5.32 Å². The van der Waals surface area contributed by atoms with Crippen LogP contribution in [0, 0.1) is 5.92 Å². The van der Waals surface area contributed by atoms with Crippen molar-refractivity contribution in [3.05, 3.63) is 28.2 Å². The van der Waals surface area contributed by atoms with E-state index in [-0.39, 0.29) is 5.54 Å². The molecule has 2 rings (SSSR count). The Labute approximate surface area is 132 Å². The summed E-state index contributed by atoms with van der Waals surface area (Å²) in [6, 6.07) is 6.71. The van der Waals surface area contributed by atoms with Gasteiger partial charge in [-0.15, -0.1) is 0 Å². The van der Waals surface area contributed by atoms with E-state index >= 15 is 0 Å². The molecule has 20 heavy (non-hydrogen) atoms. The largest absolute Gasteiger partial charge is 0.373 e. The predicted molar refractivity (Wildman–Crippen MR) is 91.3 cm³/mol. The number of nitrogens with zero attached hydrogens (tertiary/aromatic N) is 1. The molecule has 2 nitrogen and oxygen atoms in total. The van der Waals surface area contributed by atoms with Crippen LogP contribution < -0.4 is 10.2 Å². The van der Waals surface area contributed by atoms with Crippen LogP contribution >= 0.6 is 15.9 Å². The molecule has 3 heteroatoms. The van der Waals surface area contributed by atoms with Crippen LogP contribution in [0.3, 0.4) is 0 Å². The highest BCUT2D eigenvalue weighted by molar-refractivity contribution is 9.10. The Hall–Kier alpha value is -0.540. The highest BCUT2D eigenvalue weighted by Gasteiger charge is 2.20. The van der Waals surface area contributed by atoms with Gasteiger partial charge in [-0.2, -0.15) is 0 Å². The average Bonchev–Trinajstić information content (AvgIpc) is 2.30. The molecule has 0 aliphatic heterocycles. The third-order valence-electron chi connectivity index (χ3n) is 4.00. The third-order valence-corrected chi connectivity index (χ3v) is 4.64. The van der Waals surface area contributed by atoms with Crippen molar-refractivity contribution >= 4 is 21.6 Å². The summed E-state index contributed by atoms with van der Waals surface area (Å²) in [6.45, 7) is 8.68. The minimum absolute atomic E-state index is 0.159. The van der Waals surface area contributed by atoms with Crippen LogP contribution in [0.25, 0.3) is 0 Å². The molecule has 1 aromatic rings. The average molecular weight is 339 g/mol. The molecule has 112 valence electrons. The molecule has 0 spiro atoms. The van der Waals surface area contributed by atoms with Crippen molar-refractivity contribution in [2.75, 3.05) is 18.5 Å². The van der Waals surface area contributed by atoms with Crippen LogP contribution in [0.15, 0.2) is 22.7 Å². The first-order valence-electron chi connectivity index (χ1n) is 7.60. The summed E-state index contributed by atoms with van der Waals surface area (Å²) in [6.07, 6.45) is 4.21. The lowest BCUT2D eigenvalue weighted by Crippen LogP contribution is -2.35. The molecule has 0 heterocycles. The first kappa shape index (κ1) is 15.8. The Bertz CT molecular complexity index is 447. The van der Waals surface area contributed by atoms with Gasteiger partial charge in [-0.3, -0.25) is 0 Å². The summed E-state index contributed by atoms with van der Waals surface area (Å²) < 4.78 is 1.20. The molecule has 1 aromatic carbocycles. The standard InChI is InChI=1S/C17H27BrN2/c1-17(2,3)19-11-14-8-9-16(15(18)10-14)20(4)12-13-6-5-7-13/h8-10,13,19H,5-7,11-12H2,1-4H3. The van der Waals surface area contributed by atoms with E-state index in [0.29, 0.717) is 0 Å². The van der Waals surface area contributed by atoms with Crippen molar-refractivity contribution in [1.29, 1.82) is 0 Å². The lowest BCUT2D eigenvalue weighted by Gasteiger charge is -2.32. The van der Waals surface area contributed by atoms with E-state index < -0.39 is 0 Å². The first-order chi connectivity index (χ1) is 9.35. The molecular weight excluding hydrogens is 312 g/mol. The zero-order valence-electron chi connectivity index (χ0n) is 13.2. The third kappa shape index (κ3) is 4.49. The lowest BCUT2D eigenvalue weighted by molar-refractivity contribution is 0.321. The first-order valence-corrected chi connectivity index (χ1v) is 8.39. The van der Waals surface area contributed by atoms with E-state index in [9.17, 15) is 0 Å². The van der Waals surface area contributed by atoms with E-state index in [4.69, 9.17) is 0 Å². The van der Waals surface area contributed by atoms with E-state index in [0.717, 1.165) is 12.5 Å². The molecule has 1 aliphatic rings. The van der Waals surface area contributed by atoms with Crippen LogP contribution in [0.2, 0.25) is 0 Å². The van der Waals surface area contributed by atoms with Crippen LogP contribution in [0.1, 0.15) is 45.6 Å². The second-order valence-electron chi connectivity index (χ2n) is 7.07. The van der Waals surface area contributed by atoms with Gasteiger partial charge in [0.05, 0.1) is 5.69 Å². The zero-order valence-corrected chi connectivity index (χ0v) is 14.8. The molecule has 0 radical (unpaired) electrons. The van der Waals surface area contributed by atoms with Crippen LogP contribution in [0.4, 0.5) is 5.69 Å². The topological polar surface area (TPSA) is 15.3 Å². The van der Waals surface area contributed by atoms with Gasteiger partial charge in [0, 0.05) is 30.1 Å². The highest BCUT2D eigenvalue weighted by Crippen LogP contribution is 2.31. The summed E-state index contributed by atoms with van der Waals surface area (Å²) in [4.78, 5) is 2.38. The van der Waals surface area contributed by atoms with E-state index in [1.165, 1.54) is 41.5 Å². The maximum atomic E-state index is 3.73. The van der Waals surface area contributed by atoms with Gasteiger partial charge in [-0.05, 0) is 73.2 Å². The predicted octanol–water partition coefficient (Wildman–Crippen LogP) is 4.57. The second-order valence-corrected chi connectivity index (χ2v) is 7.92. The Balaban J connectivity index is 1.97. The van der Waals surface area contributed by atoms with Crippen LogP contribution in [0.5, 0.6) is 0 Å². The number of anilines is 1. The summed E-state index contributed by atoms with van der Waals surface area (Å²) in [5.74, 6) is 0.897. The van der Waals surface area contributed by atoms with Crippen molar-refractivity contribution in [3.63, 3.8) is 0 Å². The summed E-state index contributed by atoms with van der Waals surface area (Å²) in [5, 5.41) is 3.53. The number of hydrogen-bond acceptors (Lipinski definition) is 2. The van der Waals surface area contributed by atoms with E-state index in [2.05, 4.69) is 72.2 Å². The molecule has 0 amide bonds. The van der Waals surface area contributed by atoms with Crippen LogP contribution in [-0.2, 0) is 6.54 Å². The summed E-state index contributed by atoms with van der Waals surface area (Å²) >= 11 is 3.73. The molecule has 1 aliphatic carbocycles. The number of nitrogens with one attached hydrogen (secondary N) is 1. The molecule has 1 saturated carbocycles. The number of halogens is 1. The Morgan fingerprint density at radius 2 is 2.00 bits per heavy atom.